The second-order valence-electron chi connectivity index (χ2n) is 6.24. The van der Waals surface area contributed by atoms with Gasteiger partial charge in [0.2, 0.25) is 5.91 Å². The lowest BCUT2D eigenvalue weighted by Gasteiger charge is -2.34. The van der Waals surface area contributed by atoms with E-state index in [9.17, 15) is 9.59 Å². The summed E-state index contributed by atoms with van der Waals surface area (Å²) in [5, 5.41) is 12.8. The molecule has 2 heterocycles. The predicted molar refractivity (Wildman–Crippen MR) is 94.0 cm³/mol. The zero-order chi connectivity index (χ0) is 18.5. The van der Waals surface area contributed by atoms with Crippen LogP contribution in [0.5, 0.6) is 5.75 Å². The zero-order valence-corrected chi connectivity index (χ0v) is 14.7. The number of amides is 1. The highest BCUT2D eigenvalue weighted by Crippen LogP contribution is 2.15. The van der Waals surface area contributed by atoms with Gasteiger partial charge in [0.25, 0.3) is 0 Å². The number of carbonyl (C=O) groups is 2. The minimum Gasteiger partial charge on any atom is -0.497 e. The van der Waals surface area contributed by atoms with Crippen molar-refractivity contribution in [3.63, 3.8) is 0 Å². The Morgan fingerprint density at radius 3 is 2.65 bits per heavy atom. The summed E-state index contributed by atoms with van der Waals surface area (Å²) in [6.07, 6.45) is 2.63. The van der Waals surface area contributed by atoms with E-state index in [0.29, 0.717) is 13.1 Å². The number of rotatable bonds is 6. The van der Waals surface area contributed by atoms with Gasteiger partial charge in [0.15, 0.2) is 0 Å². The number of ether oxygens (including phenoxy) is 1. The second kappa shape index (κ2) is 8.01. The van der Waals surface area contributed by atoms with Crippen LogP contribution in [0, 0.1) is 0 Å². The average Bonchev–Trinajstić information content (AvgIpc) is 3.11. The first-order valence-electron chi connectivity index (χ1n) is 8.44. The van der Waals surface area contributed by atoms with E-state index < -0.39 is 5.97 Å². The molecule has 2 aromatic rings. The van der Waals surface area contributed by atoms with Crippen molar-refractivity contribution in [3.05, 3.63) is 47.8 Å². The molecule has 3 rings (SSSR count). The molecule has 1 aliphatic heterocycles. The van der Waals surface area contributed by atoms with Crippen LogP contribution in [0.2, 0.25) is 0 Å². The Morgan fingerprint density at radius 1 is 1.23 bits per heavy atom. The third-order valence-corrected chi connectivity index (χ3v) is 4.44. The first kappa shape index (κ1) is 17.9. The van der Waals surface area contributed by atoms with Crippen molar-refractivity contribution in [3.8, 4) is 5.75 Å². The van der Waals surface area contributed by atoms with Gasteiger partial charge in [-0.3, -0.25) is 14.4 Å². The van der Waals surface area contributed by atoms with Gasteiger partial charge in [-0.2, -0.15) is 5.10 Å². The average molecular weight is 358 g/mol. The van der Waals surface area contributed by atoms with Crippen molar-refractivity contribution < 1.29 is 19.4 Å². The number of benzene rings is 1. The number of hydrogen-bond acceptors (Lipinski definition) is 5. The van der Waals surface area contributed by atoms with Gasteiger partial charge in [-0.1, -0.05) is 12.1 Å². The van der Waals surface area contributed by atoms with Gasteiger partial charge in [-0.15, -0.1) is 0 Å². The van der Waals surface area contributed by atoms with Crippen molar-refractivity contribution in [1.82, 2.24) is 19.6 Å². The Morgan fingerprint density at radius 2 is 2.00 bits per heavy atom. The number of piperazine rings is 1. The molecule has 138 valence electrons. The van der Waals surface area contributed by atoms with Crippen LogP contribution < -0.4 is 4.74 Å². The molecule has 1 aliphatic rings. The van der Waals surface area contributed by atoms with Crippen LogP contribution >= 0.6 is 0 Å². The summed E-state index contributed by atoms with van der Waals surface area (Å²) in [4.78, 5) is 27.3. The topological polar surface area (TPSA) is 87.9 Å². The largest absolute Gasteiger partial charge is 0.497 e. The smallest absolute Gasteiger partial charge is 0.338 e. The molecular weight excluding hydrogens is 336 g/mol. The first-order valence-corrected chi connectivity index (χ1v) is 8.44. The molecule has 26 heavy (non-hydrogen) atoms. The lowest BCUT2D eigenvalue weighted by atomic mass is 10.2. The summed E-state index contributed by atoms with van der Waals surface area (Å²) >= 11 is 0. The normalized spacial score (nSPS) is 15.0. The van der Waals surface area contributed by atoms with Crippen molar-refractivity contribution in [2.75, 3.05) is 33.3 Å². The fourth-order valence-electron chi connectivity index (χ4n) is 2.98. The van der Waals surface area contributed by atoms with Gasteiger partial charge in [-0.05, 0) is 17.7 Å². The number of carboxylic acid groups (broad SMARTS) is 1. The second-order valence-corrected chi connectivity index (χ2v) is 6.24. The monoisotopic (exact) mass is 358 g/mol. The third kappa shape index (κ3) is 4.40. The van der Waals surface area contributed by atoms with Gasteiger partial charge in [-0.25, -0.2) is 4.79 Å². The Kier molecular flexibility index (Phi) is 5.52. The molecule has 0 unspecified atom stereocenters. The predicted octanol–water partition coefficient (Wildman–Crippen LogP) is 0.934. The summed E-state index contributed by atoms with van der Waals surface area (Å²) < 4.78 is 6.62. The Bertz CT molecular complexity index is 781. The number of methoxy groups -OCH3 is 1. The number of hydrogen-bond donors (Lipinski definition) is 1. The molecular formula is C18H22N4O4. The van der Waals surface area contributed by atoms with E-state index in [1.54, 1.807) is 12.0 Å². The fraction of sp³-hybridized carbons (Fsp3) is 0.389. The van der Waals surface area contributed by atoms with Gasteiger partial charge in [0.1, 0.15) is 12.3 Å². The van der Waals surface area contributed by atoms with Crippen LogP contribution in [-0.4, -0.2) is 69.9 Å². The highest BCUT2D eigenvalue weighted by Gasteiger charge is 2.22. The van der Waals surface area contributed by atoms with Gasteiger partial charge < -0.3 is 14.7 Å². The van der Waals surface area contributed by atoms with Gasteiger partial charge in [0, 0.05) is 38.9 Å². The number of carbonyl (C=O) groups excluding carboxylic acids is 1. The molecule has 8 nitrogen and oxygen atoms in total. The lowest BCUT2D eigenvalue weighted by Crippen LogP contribution is -2.49. The highest BCUT2D eigenvalue weighted by atomic mass is 16.5. The molecule has 8 heteroatoms. The van der Waals surface area contributed by atoms with E-state index in [-0.39, 0.29) is 18.0 Å². The number of aromatic carboxylic acids is 1. The summed E-state index contributed by atoms with van der Waals surface area (Å²) in [6, 6.07) is 7.99. The van der Waals surface area contributed by atoms with Crippen LogP contribution in [0.15, 0.2) is 36.7 Å². The van der Waals surface area contributed by atoms with Crippen LogP contribution in [0.3, 0.4) is 0 Å². The number of carboxylic acids is 1. The molecule has 1 fully saturated rings. The SMILES string of the molecule is COc1cccc(CN2CCN(C(=O)Cn3cc(C(=O)O)cn3)CC2)c1. The number of aromatic nitrogens is 2. The molecule has 0 radical (unpaired) electrons. The van der Waals surface area contributed by atoms with Crippen LogP contribution in [0.4, 0.5) is 0 Å². The van der Waals surface area contributed by atoms with Crippen LogP contribution in [0.25, 0.3) is 0 Å². The molecule has 0 spiro atoms. The van der Waals surface area contributed by atoms with Crippen molar-refractivity contribution in [2.45, 2.75) is 13.1 Å². The molecule has 0 atom stereocenters. The first-order chi connectivity index (χ1) is 12.5. The fourth-order valence-corrected chi connectivity index (χ4v) is 2.98. The molecule has 1 saturated heterocycles. The molecule has 1 aromatic carbocycles. The molecule has 0 saturated carbocycles. The van der Waals surface area contributed by atoms with Crippen LogP contribution in [0.1, 0.15) is 15.9 Å². The zero-order valence-electron chi connectivity index (χ0n) is 14.7. The maximum Gasteiger partial charge on any atom is 0.338 e. The molecule has 0 aliphatic carbocycles. The summed E-state index contributed by atoms with van der Waals surface area (Å²) in [6.45, 7) is 3.76. The molecule has 1 amide bonds. The minimum absolute atomic E-state index is 0.0499. The third-order valence-electron chi connectivity index (χ3n) is 4.44. The molecule has 0 bridgehead atoms. The van der Waals surface area contributed by atoms with Crippen molar-refractivity contribution in [2.24, 2.45) is 0 Å². The Balaban J connectivity index is 1.49. The van der Waals surface area contributed by atoms with E-state index in [4.69, 9.17) is 9.84 Å². The molecule has 1 aromatic heterocycles. The summed E-state index contributed by atoms with van der Waals surface area (Å²) in [5.74, 6) is -0.253. The Hall–Kier alpha value is -2.87. The highest BCUT2D eigenvalue weighted by molar-refractivity contribution is 5.87. The van der Waals surface area contributed by atoms with E-state index in [0.717, 1.165) is 25.4 Å². The van der Waals surface area contributed by atoms with E-state index in [1.165, 1.54) is 22.6 Å². The standard InChI is InChI=1S/C18H22N4O4/c1-26-16-4-2-3-14(9-16)11-20-5-7-21(8-6-20)17(23)13-22-12-15(10-19-22)18(24)25/h2-4,9-10,12H,5-8,11,13H2,1H3,(H,24,25). The lowest BCUT2D eigenvalue weighted by molar-refractivity contribution is -0.133. The van der Waals surface area contributed by atoms with E-state index in [1.807, 2.05) is 18.2 Å². The summed E-state index contributed by atoms with van der Waals surface area (Å²) in [7, 11) is 1.66. The maximum absolute atomic E-state index is 12.4. The van der Waals surface area contributed by atoms with E-state index >= 15 is 0 Å². The quantitative estimate of drug-likeness (QED) is 0.827. The Labute approximate surface area is 151 Å². The minimum atomic E-state index is -1.05. The van der Waals surface area contributed by atoms with Gasteiger partial charge in [0.05, 0.1) is 18.9 Å². The van der Waals surface area contributed by atoms with E-state index in [2.05, 4.69) is 16.1 Å². The van der Waals surface area contributed by atoms with Crippen LogP contribution in [-0.2, 0) is 17.9 Å². The molecule has 1 N–H and O–H groups in total. The maximum atomic E-state index is 12.4. The number of nitrogens with zero attached hydrogens (tertiary/aromatic N) is 4. The van der Waals surface area contributed by atoms with Crippen molar-refractivity contribution in [1.29, 1.82) is 0 Å². The van der Waals surface area contributed by atoms with Crippen molar-refractivity contribution >= 4 is 11.9 Å². The summed E-state index contributed by atoms with van der Waals surface area (Å²) in [5.41, 5.74) is 1.27. The van der Waals surface area contributed by atoms with Gasteiger partial charge >= 0.3 is 5.97 Å².